The number of halogens is 1. The summed E-state index contributed by atoms with van der Waals surface area (Å²) >= 11 is 0. The molecule has 2 aromatic rings. The van der Waals surface area contributed by atoms with Crippen LogP contribution in [-0.4, -0.2) is 16.2 Å². The quantitative estimate of drug-likeness (QED) is 0.784. The summed E-state index contributed by atoms with van der Waals surface area (Å²) in [7, 11) is -2.27. The molecule has 0 saturated carbocycles. The van der Waals surface area contributed by atoms with Crippen LogP contribution in [0.3, 0.4) is 0 Å². The van der Waals surface area contributed by atoms with Gasteiger partial charge in [-0.25, -0.2) is 4.57 Å². The van der Waals surface area contributed by atoms with E-state index in [9.17, 15) is 14.1 Å². The molecule has 1 aromatic carbocycles. The number of aryl methyl sites for hydroxylation is 1. The van der Waals surface area contributed by atoms with Gasteiger partial charge in [-0.05, 0) is 6.92 Å². The minimum absolute atomic E-state index is 0.0176. The zero-order valence-electron chi connectivity index (χ0n) is 11.2. The lowest BCUT2D eigenvalue weighted by Gasteiger charge is -2.19. The molecule has 2 atom stereocenters. The Bertz CT molecular complexity index is 862. The van der Waals surface area contributed by atoms with E-state index < -0.39 is 31.2 Å². The van der Waals surface area contributed by atoms with Gasteiger partial charge in [0, 0.05) is 24.8 Å². The third-order valence-corrected chi connectivity index (χ3v) is 5.32. The first-order valence-corrected chi connectivity index (χ1v) is 7.75. The molecule has 0 saturated heterocycles. The first kappa shape index (κ1) is 12.9. The molecule has 0 amide bonds. The van der Waals surface area contributed by atoms with Crippen molar-refractivity contribution in [1.29, 1.82) is 0 Å². The van der Waals surface area contributed by atoms with Gasteiger partial charge in [0.2, 0.25) is 17.3 Å². The van der Waals surface area contributed by atoms with E-state index in [4.69, 9.17) is 19.3 Å². The Morgan fingerprint density at radius 3 is 2.76 bits per heavy atom. The van der Waals surface area contributed by atoms with Crippen molar-refractivity contribution < 1.29 is 27.6 Å². The molecule has 2 aliphatic rings. The van der Waals surface area contributed by atoms with E-state index >= 15 is 0 Å². The number of phosphoric acid groups is 1. The average molecular weight is 314 g/mol. The van der Waals surface area contributed by atoms with Crippen LogP contribution < -0.4 is 14.8 Å². The topological polar surface area (TPSA) is 95.9 Å². The van der Waals surface area contributed by atoms with Crippen molar-refractivity contribution >= 4 is 18.7 Å². The van der Waals surface area contributed by atoms with Crippen LogP contribution >= 0.6 is 7.82 Å². The largest absolute Gasteiger partial charge is 0.588 e. The van der Waals surface area contributed by atoms with Crippen molar-refractivity contribution in [2.45, 2.75) is 13.0 Å². The summed E-state index contributed by atoms with van der Waals surface area (Å²) in [6, 6.07) is 0. The SMILES string of the molecule is Cc1c2c3c(O)c(F)c4c(c3n1C)OP(=O)(O4)OC2CN. The van der Waals surface area contributed by atoms with Gasteiger partial charge in [-0.1, -0.05) is 0 Å². The second kappa shape index (κ2) is 3.71. The average Bonchev–Trinajstić information content (AvgIpc) is 2.92. The molecular formula is C12H12FN2O5P. The smallest absolute Gasteiger partial charge is 0.504 e. The van der Waals surface area contributed by atoms with Crippen LogP contribution in [0.25, 0.3) is 10.9 Å². The predicted molar refractivity (Wildman–Crippen MR) is 71.0 cm³/mol. The zero-order chi connectivity index (χ0) is 15.1. The molecule has 3 heterocycles. The van der Waals surface area contributed by atoms with Crippen LogP contribution in [-0.2, 0) is 16.1 Å². The second-order valence-corrected chi connectivity index (χ2v) is 6.53. The Hall–Kier alpha value is -1.76. The Morgan fingerprint density at radius 1 is 1.43 bits per heavy atom. The molecule has 4 rings (SSSR count). The van der Waals surface area contributed by atoms with Crippen LogP contribution in [0.5, 0.6) is 17.2 Å². The molecule has 1 aromatic heterocycles. The highest BCUT2D eigenvalue weighted by Crippen LogP contribution is 2.67. The summed E-state index contributed by atoms with van der Waals surface area (Å²) in [6.45, 7) is 1.76. The summed E-state index contributed by atoms with van der Waals surface area (Å²) < 4.78 is 44.1. The fourth-order valence-corrected chi connectivity index (χ4v) is 4.38. The van der Waals surface area contributed by atoms with Crippen LogP contribution in [0.15, 0.2) is 0 Å². The summed E-state index contributed by atoms with van der Waals surface area (Å²) in [6.07, 6.45) is -0.834. The number of aromatic hydroxyl groups is 1. The van der Waals surface area contributed by atoms with Gasteiger partial charge in [-0.2, -0.15) is 4.39 Å². The summed E-state index contributed by atoms with van der Waals surface area (Å²) in [4.78, 5) is 0. The molecule has 2 aliphatic heterocycles. The highest BCUT2D eigenvalue weighted by Gasteiger charge is 2.49. The number of nitrogens with zero attached hydrogens (tertiary/aromatic N) is 1. The summed E-state index contributed by atoms with van der Waals surface area (Å²) in [5.41, 5.74) is 7.30. The lowest BCUT2D eigenvalue weighted by Crippen LogP contribution is -2.17. The first-order chi connectivity index (χ1) is 9.88. The molecule has 5 bridgehead atoms. The number of hydrogen-bond acceptors (Lipinski definition) is 6. The lowest BCUT2D eigenvalue weighted by atomic mass is 10.0. The molecule has 7 nitrogen and oxygen atoms in total. The normalized spacial score (nSPS) is 26.0. The number of hydrogen-bond donors (Lipinski definition) is 2. The minimum atomic E-state index is -4.00. The van der Waals surface area contributed by atoms with Gasteiger partial charge in [0.15, 0.2) is 5.75 Å². The van der Waals surface area contributed by atoms with Crippen molar-refractivity contribution in [3.63, 3.8) is 0 Å². The monoisotopic (exact) mass is 314 g/mol. The lowest BCUT2D eigenvalue weighted by molar-refractivity contribution is 0.160. The highest BCUT2D eigenvalue weighted by molar-refractivity contribution is 7.49. The molecule has 0 spiro atoms. The van der Waals surface area contributed by atoms with Gasteiger partial charge in [-0.15, -0.1) is 0 Å². The van der Waals surface area contributed by atoms with Crippen molar-refractivity contribution in [3.8, 4) is 17.2 Å². The maximum Gasteiger partial charge on any atom is 0.588 e. The van der Waals surface area contributed by atoms with Crippen LogP contribution in [0.2, 0.25) is 0 Å². The van der Waals surface area contributed by atoms with Gasteiger partial charge >= 0.3 is 7.82 Å². The molecule has 0 radical (unpaired) electrons. The third kappa shape index (κ3) is 1.37. The van der Waals surface area contributed by atoms with Crippen molar-refractivity contribution in [1.82, 2.24) is 4.57 Å². The first-order valence-electron chi connectivity index (χ1n) is 6.29. The Labute approximate surface area is 118 Å². The van der Waals surface area contributed by atoms with Crippen LogP contribution in [0.4, 0.5) is 4.39 Å². The molecule has 3 N–H and O–H groups in total. The number of aromatic nitrogens is 1. The van der Waals surface area contributed by atoms with E-state index in [2.05, 4.69) is 0 Å². The van der Waals surface area contributed by atoms with E-state index in [0.717, 1.165) is 0 Å². The molecule has 9 heteroatoms. The number of benzene rings is 1. The fraction of sp³-hybridized carbons (Fsp3) is 0.333. The predicted octanol–water partition coefficient (Wildman–Crippen LogP) is 2.24. The van der Waals surface area contributed by atoms with Crippen molar-refractivity contribution in [3.05, 3.63) is 17.1 Å². The molecule has 2 unspecified atom stereocenters. The zero-order valence-corrected chi connectivity index (χ0v) is 12.1. The van der Waals surface area contributed by atoms with E-state index in [-0.39, 0.29) is 17.7 Å². The Morgan fingerprint density at radius 2 is 2.10 bits per heavy atom. The molecule has 0 fully saturated rings. The van der Waals surface area contributed by atoms with Gasteiger partial charge in [-0.3, -0.25) is 4.52 Å². The molecule has 21 heavy (non-hydrogen) atoms. The van der Waals surface area contributed by atoms with E-state index in [0.29, 0.717) is 16.8 Å². The van der Waals surface area contributed by atoms with Crippen LogP contribution in [0, 0.1) is 12.7 Å². The molecule has 112 valence electrons. The van der Waals surface area contributed by atoms with Gasteiger partial charge in [0.05, 0.1) is 10.9 Å². The number of phenolic OH excluding ortho intramolecular Hbond substituents is 1. The highest BCUT2D eigenvalue weighted by atomic mass is 31.2. The Kier molecular flexibility index (Phi) is 2.28. The maximum atomic E-state index is 14.3. The molecular weight excluding hydrogens is 302 g/mol. The number of phenols is 1. The van der Waals surface area contributed by atoms with Crippen molar-refractivity contribution in [2.75, 3.05) is 6.54 Å². The number of phosphoric ester groups is 1. The molecule has 0 aliphatic carbocycles. The Balaban J connectivity index is 2.29. The minimum Gasteiger partial charge on any atom is -0.504 e. The van der Waals surface area contributed by atoms with Gasteiger partial charge < -0.3 is 24.5 Å². The van der Waals surface area contributed by atoms with Gasteiger partial charge in [0.1, 0.15) is 6.10 Å². The van der Waals surface area contributed by atoms with E-state index in [1.54, 1.807) is 18.5 Å². The van der Waals surface area contributed by atoms with Gasteiger partial charge in [0.25, 0.3) is 0 Å². The summed E-state index contributed by atoms with van der Waals surface area (Å²) in [5, 5.41) is 10.4. The number of fused-ring (bicyclic) bond motifs is 1. The standard InChI is InChI=1S/C12H12FN2O5P/c1-4-6-5(3-14)18-21(17)19-11-8(13)10(16)7(6)9(15(4)2)12(11)20-21/h5,16H,3,14H2,1-2H3. The third-order valence-electron chi connectivity index (χ3n) is 4.00. The van der Waals surface area contributed by atoms with E-state index in [1.165, 1.54) is 0 Å². The number of nitrogens with two attached hydrogens (primary N) is 1. The second-order valence-electron chi connectivity index (χ2n) is 5.06. The summed E-state index contributed by atoms with van der Waals surface area (Å²) in [5.74, 6) is -2.00. The maximum absolute atomic E-state index is 14.3. The van der Waals surface area contributed by atoms with E-state index in [1.807, 2.05) is 0 Å². The van der Waals surface area contributed by atoms with Crippen LogP contribution in [0.1, 0.15) is 17.4 Å². The fourth-order valence-electron chi connectivity index (χ4n) is 2.97. The number of rotatable bonds is 1. The van der Waals surface area contributed by atoms with Crippen molar-refractivity contribution in [2.24, 2.45) is 12.8 Å².